The maximum absolute atomic E-state index is 12.1. The van der Waals surface area contributed by atoms with Crippen LogP contribution in [0.25, 0.3) is 23.0 Å². The van der Waals surface area contributed by atoms with E-state index in [2.05, 4.69) is 36.5 Å². The van der Waals surface area contributed by atoms with Crippen LogP contribution in [0.4, 0.5) is 0 Å². The van der Waals surface area contributed by atoms with E-state index in [0.717, 1.165) is 28.9 Å². The SMILES string of the molecule is CCc1ccc(-c2nn(-c3ccccc3)cc2/C=C2/SC(=S)NC2=O)cc1. The van der Waals surface area contributed by atoms with Crippen molar-refractivity contribution in [3.05, 3.63) is 76.8 Å². The highest BCUT2D eigenvalue weighted by Gasteiger charge is 2.23. The second-order valence-electron chi connectivity index (χ2n) is 6.12. The third-order valence-electron chi connectivity index (χ3n) is 4.33. The van der Waals surface area contributed by atoms with E-state index in [4.69, 9.17) is 17.3 Å². The van der Waals surface area contributed by atoms with Gasteiger partial charge < -0.3 is 5.32 Å². The van der Waals surface area contributed by atoms with Gasteiger partial charge in [0.25, 0.3) is 5.91 Å². The number of benzene rings is 2. The van der Waals surface area contributed by atoms with Gasteiger partial charge in [-0.3, -0.25) is 4.79 Å². The molecular weight excluding hydrogens is 374 g/mol. The number of aryl methyl sites for hydroxylation is 1. The molecule has 1 aromatic heterocycles. The molecule has 0 aliphatic carbocycles. The van der Waals surface area contributed by atoms with Gasteiger partial charge in [0.2, 0.25) is 0 Å². The molecule has 2 aromatic carbocycles. The largest absolute Gasteiger partial charge is 0.307 e. The highest BCUT2D eigenvalue weighted by molar-refractivity contribution is 8.26. The van der Waals surface area contributed by atoms with Crippen LogP contribution in [0.1, 0.15) is 18.1 Å². The Bertz CT molecular complexity index is 1040. The molecule has 27 heavy (non-hydrogen) atoms. The third kappa shape index (κ3) is 3.72. The normalized spacial score (nSPS) is 15.4. The predicted octanol–water partition coefficient (Wildman–Crippen LogP) is 4.59. The maximum Gasteiger partial charge on any atom is 0.263 e. The van der Waals surface area contributed by atoms with Crippen LogP contribution in [0.2, 0.25) is 0 Å². The topological polar surface area (TPSA) is 46.9 Å². The summed E-state index contributed by atoms with van der Waals surface area (Å²) in [4.78, 5) is 12.7. The minimum atomic E-state index is -0.162. The monoisotopic (exact) mass is 391 g/mol. The highest BCUT2D eigenvalue weighted by atomic mass is 32.2. The first-order valence-corrected chi connectivity index (χ1v) is 9.86. The molecule has 4 rings (SSSR count). The molecule has 2 heterocycles. The smallest absolute Gasteiger partial charge is 0.263 e. The van der Waals surface area contributed by atoms with E-state index >= 15 is 0 Å². The zero-order valence-corrected chi connectivity index (χ0v) is 16.3. The third-order valence-corrected chi connectivity index (χ3v) is 5.49. The van der Waals surface area contributed by atoms with Crippen LogP contribution < -0.4 is 5.32 Å². The highest BCUT2D eigenvalue weighted by Crippen LogP contribution is 2.31. The number of nitrogens with one attached hydrogen (secondary N) is 1. The van der Waals surface area contributed by atoms with Gasteiger partial charge >= 0.3 is 0 Å². The van der Waals surface area contributed by atoms with E-state index in [1.165, 1.54) is 17.3 Å². The fraction of sp³-hybridized carbons (Fsp3) is 0.0952. The minimum absolute atomic E-state index is 0.162. The van der Waals surface area contributed by atoms with Gasteiger partial charge in [-0.15, -0.1) is 0 Å². The first-order valence-electron chi connectivity index (χ1n) is 8.63. The average Bonchev–Trinajstić information content (AvgIpc) is 3.25. The number of para-hydroxylation sites is 1. The Hall–Kier alpha value is -2.70. The van der Waals surface area contributed by atoms with Gasteiger partial charge in [-0.25, -0.2) is 4.68 Å². The van der Waals surface area contributed by atoms with Gasteiger partial charge in [-0.1, -0.05) is 73.4 Å². The van der Waals surface area contributed by atoms with Crippen molar-refractivity contribution in [2.75, 3.05) is 0 Å². The van der Waals surface area contributed by atoms with Crippen LogP contribution >= 0.6 is 24.0 Å². The molecule has 0 unspecified atom stereocenters. The van der Waals surface area contributed by atoms with Gasteiger partial charge in [0.05, 0.1) is 16.3 Å². The minimum Gasteiger partial charge on any atom is -0.307 e. The molecule has 0 radical (unpaired) electrons. The summed E-state index contributed by atoms with van der Waals surface area (Å²) in [6.07, 6.45) is 4.79. The number of rotatable bonds is 4. The molecule has 1 amide bonds. The summed E-state index contributed by atoms with van der Waals surface area (Å²) < 4.78 is 2.32. The zero-order valence-electron chi connectivity index (χ0n) is 14.7. The summed E-state index contributed by atoms with van der Waals surface area (Å²) in [5, 5.41) is 7.45. The van der Waals surface area contributed by atoms with Crippen molar-refractivity contribution in [3.63, 3.8) is 0 Å². The lowest BCUT2D eigenvalue weighted by atomic mass is 10.0. The second kappa shape index (κ2) is 7.50. The van der Waals surface area contributed by atoms with Gasteiger partial charge in [0.1, 0.15) is 4.32 Å². The van der Waals surface area contributed by atoms with Crippen LogP contribution in [0.5, 0.6) is 0 Å². The van der Waals surface area contributed by atoms with E-state index in [1.54, 1.807) is 0 Å². The fourth-order valence-corrected chi connectivity index (χ4v) is 3.93. The number of thioether (sulfide) groups is 1. The van der Waals surface area contributed by atoms with E-state index < -0.39 is 0 Å². The molecule has 3 aromatic rings. The molecule has 1 saturated heterocycles. The fourth-order valence-electron chi connectivity index (χ4n) is 2.89. The van der Waals surface area contributed by atoms with Crippen molar-refractivity contribution in [3.8, 4) is 16.9 Å². The van der Waals surface area contributed by atoms with E-state index in [-0.39, 0.29) is 5.91 Å². The Morgan fingerprint density at radius 3 is 2.52 bits per heavy atom. The molecule has 1 aliphatic rings. The van der Waals surface area contributed by atoms with Crippen LogP contribution in [-0.4, -0.2) is 20.0 Å². The number of carbonyl (C=O) groups excluding carboxylic acids is 1. The number of nitrogens with zero attached hydrogens (tertiary/aromatic N) is 2. The summed E-state index contributed by atoms with van der Waals surface area (Å²) in [5.41, 5.74) is 4.97. The number of thiocarbonyl (C=S) groups is 1. The summed E-state index contributed by atoms with van der Waals surface area (Å²) in [5.74, 6) is -0.162. The molecule has 0 atom stereocenters. The summed E-state index contributed by atoms with van der Waals surface area (Å²) in [7, 11) is 0. The van der Waals surface area contributed by atoms with E-state index in [9.17, 15) is 4.79 Å². The van der Waals surface area contributed by atoms with Gasteiger partial charge in [-0.05, 0) is 30.2 Å². The molecule has 6 heteroatoms. The molecule has 1 N–H and O–H groups in total. The lowest BCUT2D eigenvalue weighted by molar-refractivity contribution is -0.115. The Balaban J connectivity index is 1.82. The predicted molar refractivity (Wildman–Crippen MR) is 115 cm³/mol. The summed E-state index contributed by atoms with van der Waals surface area (Å²) in [6, 6.07) is 18.3. The lowest BCUT2D eigenvalue weighted by Gasteiger charge is -2.02. The van der Waals surface area contributed by atoms with Crippen molar-refractivity contribution in [1.29, 1.82) is 0 Å². The van der Waals surface area contributed by atoms with Crippen LogP contribution in [-0.2, 0) is 11.2 Å². The van der Waals surface area contributed by atoms with Crippen molar-refractivity contribution < 1.29 is 4.79 Å². The number of hydrogen-bond donors (Lipinski definition) is 1. The average molecular weight is 392 g/mol. The van der Waals surface area contributed by atoms with Gasteiger partial charge in [0, 0.05) is 17.3 Å². The number of amides is 1. The van der Waals surface area contributed by atoms with E-state index in [1.807, 2.05) is 47.3 Å². The number of aromatic nitrogens is 2. The summed E-state index contributed by atoms with van der Waals surface area (Å²) in [6.45, 7) is 2.13. The van der Waals surface area contributed by atoms with E-state index in [0.29, 0.717) is 9.23 Å². The Kier molecular flexibility index (Phi) is 4.92. The Morgan fingerprint density at radius 1 is 1.15 bits per heavy atom. The van der Waals surface area contributed by atoms with Crippen molar-refractivity contribution >= 4 is 40.3 Å². The van der Waals surface area contributed by atoms with Crippen LogP contribution in [0.3, 0.4) is 0 Å². The molecule has 0 spiro atoms. The van der Waals surface area contributed by atoms with Crippen molar-refractivity contribution in [2.24, 2.45) is 0 Å². The van der Waals surface area contributed by atoms with Gasteiger partial charge in [0.15, 0.2) is 0 Å². The zero-order chi connectivity index (χ0) is 18.8. The summed E-state index contributed by atoms with van der Waals surface area (Å²) >= 11 is 6.37. The second-order valence-corrected chi connectivity index (χ2v) is 7.83. The quantitative estimate of drug-likeness (QED) is 0.522. The number of carbonyl (C=O) groups is 1. The molecule has 4 nitrogen and oxygen atoms in total. The first kappa shape index (κ1) is 17.7. The van der Waals surface area contributed by atoms with Gasteiger partial charge in [-0.2, -0.15) is 5.10 Å². The van der Waals surface area contributed by atoms with Crippen LogP contribution in [0.15, 0.2) is 65.7 Å². The first-order chi connectivity index (χ1) is 13.1. The Labute approximate surface area is 167 Å². The molecule has 1 aliphatic heterocycles. The number of hydrogen-bond acceptors (Lipinski definition) is 4. The lowest BCUT2D eigenvalue weighted by Crippen LogP contribution is -2.17. The van der Waals surface area contributed by atoms with Crippen molar-refractivity contribution in [2.45, 2.75) is 13.3 Å². The molecule has 134 valence electrons. The van der Waals surface area contributed by atoms with Crippen molar-refractivity contribution in [1.82, 2.24) is 15.1 Å². The molecular formula is C21H17N3OS2. The standard InChI is InChI=1S/C21H17N3OS2/c1-2-14-8-10-15(11-9-14)19-16(12-18-20(25)22-21(26)27-18)13-24(23-19)17-6-4-3-5-7-17/h3-13H,2H2,1H3,(H,22,25,26)/b18-12+. The van der Waals surface area contributed by atoms with Crippen LogP contribution in [0, 0.1) is 0 Å². The molecule has 0 saturated carbocycles. The maximum atomic E-state index is 12.1. The molecule has 0 bridgehead atoms. The Morgan fingerprint density at radius 2 is 1.89 bits per heavy atom. The molecule has 1 fully saturated rings.